The van der Waals surface area contributed by atoms with Gasteiger partial charge >= 0.3 is 0 Å². The Balaban J connectivity index is 1.31. The van der Waals surface area contributed by atoms with Gasteiger partial charge in [-0.25, -0.2) is 0 Å². The summed E-state index contributed by atoms with van der Waals surface area (Å²) in [6.45, 7) is 1.36. The number of carbonyl (C=O) groups is 1. The lowest BCUT2D eigenvalue weighted by Crippen LogP contribution is -2.36. The van der Waals surface area contributed by atoms with E-state index in [-0.39, 0.29) is 11.6 Å². The quantitative estimate of drug-likeness (QED) is 0.187. The number of para-hydroxylation sites is 1. The largest absolute Gasteiger partial charge is 0.383 e. The van der Waals surface area contributed by atoms with Gasteiger partial charge in [-0.05, 0) is 46.8 Å². The molecule has 2 heterocycles. The molecule has 5 rings (SSSR count). The second-order valence-electron chi connectivity index (χ2n) is 8.37. The molecular formula is C28H24N4O4S. The monoisotopic (exact) mass is 512 g/mol. The molecule has 186 valence electrons. The lowest BCUT2D eigenvalue weighted by molar-refractivity contribution is 0.103. The van der Waals surface area contributed by atoms with Gasteiger partial charge in [0, 0.05) is 37.5 Å². The number of anilines is 3. The average molecular weight is 513 g/mol. The molecule has 0 saturated carbocycles. The Morgan fingerprint density at radius 1 is 1.00 bits per heavy atom. The molecule has 9 heteroatoms. The Kier molecular flexibility index (Phi) is 7.07. The van der Waals surface area contributed by atoms with Crippen molar-refractivity contribution in [1.82, 2.24) is 4.98 Å². The maximum absolute atomic E-state index is 13.1. The molecule has 2 aromatic heterocycles. The number of rotatable bonds is 10. The van der Waals surface area contributed by atoms with Crippen molar-refractivity contribution in [2.45, 2.75) is 6.54 Å². The predicted octanol–water partition coefficient (Wildman–Crippen LogP) is 4.48. The number of hydrogen-bond acceptors (Lipinski definition) is 8. The van der Waals surface area contributed by atoms with Gasteiger partial charge in [0.1, 0.15) is 4.88 Å². The number of aromatic nitrogens is 1. The number of pyridine rings is 1. The molecule has 0 bridgehead atoms. The fraction of sp³-hybridized carbons (Fsp3) is 0.143. The minimum atomic E-state index is -0.545. The van der Waals surface area contributed by atoms with Crippen LogP contribution in [0.15, 0.2) is 81.8 Å². The van der Waals surface area contributed by atoms with E-state index in [1.165, 1.54) is 11.3 Å². The van der Waals surface area contributed by atoms with E-state index in [0.717, 1.165) is 22.2 Å². The Morgan fingerprint density at radius 2 is 1.86 bits per heavy atom. The Hall–Kier alpha value is -4.34. The predicted molar refractivity (Wildman–Crippen MR) is 148 cm³/mol. The van der Waals surface area contributed by atoms with Crippen molar-refractivity contribution in [2.24, 2.45) is 0 Å². The van der Waals surface area contributed by atoms with E-state index < -0.39 is 10.9 Å². The second-order valence-corrected chi connectivity index (χ2v) is 9.28. The van der Waals surface area contributed by atoms with Gasteiger partial charge in [-0.3, -0.25) is 19.4 Å². The normalized spacial score (nSPS) is 11.1. The number of benzene rings is 2. The SMILES string of the molecule is COCCNc1c(-c2cccc(NC(=O)c3sccc3NCc3ccnc4ccccc34)c2)c(=O)c1=O. The number of thiophene rings is 1. The number of carbonyl (C=O) groups excluding carboxylic acids is 1. The molecule has 0 aliphatic heterocycles. The number of amides is 1. The van der Waals surface area contributed by atoms with Crippen LogP contribution >= 0.6 is 11.3 Å². The first-order chi connectivity index (χ1) is 18.1. The highest BCUT2D eigenvalue weighted by Crippen LogP contribution is 2.28. The van der Waals surface area contributed by atoms with Crippen molar-refractivity contribution in [2.75, 3.05) is 36.2 Å². The van der Waals surface area contributed by atoms with Gasteiger partial charge in [0.25, 0.3) is 5.91 Å². The van der Waals surface area contributed by atoms with Gasteiger partial charge in [-0.15, -0.1) is 11.3 Å². The molecule has 0 fully saturated rings. The molecule has 0 aliphatic carbocycles. The summed E-state index contributed by atoms with van der Waals surface area (Å²) >= 11 is 1.34. The summed E-state index contributed by atoms with van der Waals surface area (Å²) in [5, 5.41) is 12.2. The summed E-state index contributed by atoms with van der Waals surface area (Å²) in [7, 11) is 1.56. The molecule has 8 nitrogen and oxygen atoms in total. The van der Waals surface area contributed by atoms with Crippen molar-refractivity contribution in [3.05, 3.63) is 103 Å². The third kappa shape index (κ3) is 5.00. The maximum Gasteiger partial charge on any atom is 0.267 e. The zero-order valence-electron chi connectivity index (χ0n) is 20.0. The van der Waals surface area contributed by atoms with Gasteiger partial charge in [0.15, 0.2) is 0 Å². The Bertz CT molecular complexity index is 1650. The van der Waals surface area contributed by atoms with E-state index in [0.29, 0.717) is 41.4 Å². The van der Waals surface area contributed by atoms with Gasteiger partial charge in [-0.2, -0.15) is 0 Å². The molecule has 37 heavy (non-hydrogen) atoms. The first kappa shape index (κ1) is 24.4. The summed E-state index contributed by atoms with van der Waals surface area (Å²) in [6.07, 6.45) is 1.78. The molecule has 3 N–H and O–H groups in total. The number of nitrogens with zero attached hydrogens (tertiary/aromatic N) is 1. The summed E-state index contributed by atoms with van der Waals surface area (Å²) in [4.78, 5) is 42.4. The molecule has 0 radical (unpaired) electrons. The van der Waals surface area contributed by atoms with Crippen LogP contribution in [0.5, 0.6) is 0 Å². The van der Waals surface area contributed by atoms with Crippen LogP contribution in [-0.2, 0) is 11.3 Å². The third-order valence-corrected chi connectivity index (χ3v) is 6.92. The molecule has 0 aliphatic rings. The van der Waals surface area contributed by atoms with Crippen LogP contribution in [0.4, 0.5) is 17.1 Å². The van der Waals surface area contributed by atoms with Crippen LogP contribution in [-0.4, -0.2) is 31.2 Å². The second kappa shape index (κ2) is 10.7. The van der Waals surface area contributed by atoms with Gasteiger partial charge in [0.05, 0.1) is 29.1 Å². The van der Waals surface area contributed by atoms with Crippen LogP contribution < -0.4 is 26.8 Å². The Labute approximate surface area is 216 Å². The molecular weight excluding hydrogens is 488 g/mol. The lowest BCUT2D eigenvalue weighted by atomic mass is 9.98. The van der Waals surface area contributed by atoms with Crippen molar-refractivity contribution < 1.29 is 9.53 Å². The van der Waals surface area contributed by atoms with E-state index in [1.807, 2.05) is 41.8 Å². The molecule has 0 spiro atoms. The molecule has 0 atom stereocenters. The zero-order chi connectivity index (χ0) is 25.8. The number of hydrogen-bond donors (Lipinski definition) is 3. The summed E-state index contributed by atoms with van der Waals surface area (Å²) < 4.78 is 5.00. The van der Waals surface area contributed by atoms with Crippen molar-refractivity contribution >= 4 is 45.2 Å². The summed E-state index contributed by atoms with van der Waals surface area (Å²) in [5.41, 5.74) is 3.33. The van der Waals surface area contributed by atoms with E-state index in [2.05, 4.69) is 20.9 Å². The van der Waals surface area contributed by atoms with E-state index in [4.69, 9.17) is 4.74 Å². The number of fused-ring (bicyclic) bond motifs is 1. The highest BCUT2D eigenvalue weighted by Gasteiger charge is 2.22. The topological polar surface area (TPSA) is 109 Å². The molecule has 0 saturated heterocycles. The number of ether oxygens (including phenoxy) is 1. The van der Waals surface area contributed by atoms with Gasteiger partial charge in [-0.1, -0.05) is 30.3 Å². The smallest absolute Gasteiger partial charge is 0.267 e. The van der Waals surface area contributed by atoms with Crippen LogP contribution in [0.1, 0.15) is 15.2 Å². The minimum absolute atomic E-state index is 0.266. The first-order valence-corrected chi connectivity index (χ1v) is 12.6. The molecule has 1 amide bonds. The van der Waals surface area contributed by atoms with Gasteiger partial charge in [0.2, 0.25) is 10.9 Å². The number of nitrogens with one attached hydrogen (secondary N) is 3. The van der Waals surface area contributed by atoms with Crippen molar-refractivity contribution in [3.8, 4) is 11.1 Å². The molecule has 3 aromatic carbocycles. The fourth-order valence-electron chi connectivity index (χ4n) is 4.18. The highest BCUT2D eigenvalue weighted by molar-refractivity contribution is 7.12. The van der Waals surface area contributed by atoms with Crippen LogP contribution in [0.2, 0.25) is 0 Å². The van der Waals surface area contributed by atoms with Crippen LogP contribution in [0.3, 0.4) is 0 Å². The van der Waals surface area contributed by atoms with Gasteiger partial charge < -0.3 is 20.7 Å². The number of methoxy groups -OCH3 is 1. The summed E-state index contributed by atoms with van der Waals surface area (Å²) in [6, 6.07) is 18.7. The van der Waals surface area contributed by atoms with E-state index in [9.17, 15) is 14.4 Å². The molecule has 5 aromatic rings. The third-order valence-electron chi connectivity index (χ3n) is 6.01. The van der Waals surface area contributed by atoms with E-state index in [1.54, 1.807) is 37.6 Å². The maximum atomic E-state index is 13.1. The first-order valence-electron chi connectivity index (χ1n) is 11.7. The van der Waals surface area contributed by atoms with Crippen molar-refractivity contribution in [1.29, 1.82) is 0 Å². The summed E-state index contributed by atoms with van der Waals surface area (Å²) in [5.74, 6) is -0.266. The standard InChI is InChI=1S/C28H24N4O4S/c1-36-13-12-30-24-23(25(33)26(24)34)17-5-4-6-19(15-17)32-28(35)27-22(10-14-37-27)31-16-18-9-11-29-21-8-3-2-7-20(18)21/h2-11,14-15,30-31H,12-13,16H2,1H3,(H,32,35). The highest BCUT2D eigenvalue weighted by atomic mass is 32.1. The molecule has 0 unspecified atom stereocenters. The van der Waals surface area contributed by atoms with Crippen LogP contribution in [0.25, 0.3) is 22.0 Å². The average Bonchev–Trinajstić information content (AvgIpc) is 3.40. The minimum Gasteiger partial charge on any atom is -0.383 e. The fourth-order valence-corrected chi connectivity index (χ4v) is 4.94. The zero-order valence-corrected chi connectivity index (χ0v) is 20.9. The van der Waals surface area contributed by atoms with Crippen LogP contribution in [0, 0.1) is 0 Å². The van der Waals surface area contributed by atoms with Crippen molar-refractivity contribution in [3.63, 3.8) is 0 Å². The lowest BCUT2D eigenvalue weighted by Gasteiger charge is -2.14. The van der Waals surface area contributed by atoms with E-state index >= 15 is 0 Å². The Morgan fingerprint density at radius 3 is 2.73 bits per heavy atom.